The van der Waals surface area contributed by atoms with E-state index in [1.54, 1.807) is 0 Å². The minimum absolute atomic E-state index is 0.0821. The van der Waals surface area contributed by atoms with Crippen molar-refractivity contribution in [2.45, 2.75) is 71.1 Å². The van der Waals surface area contributed by atoms with Crippen LogP contribution in [0.2, 0.25) is 0 Å². The SMILES string of the molecule is CCCC(C)(CC)N1C(=O)OC(c2ccccc2)(c2ccccc2)[C@@H]1C(C)C. The molecular formula is C25H33NO2. The van der Waals surface area contributed by atoms with Crippen molar-refractivity contribution in [3.05, 3.63) is 71.8 Å². The standard InChI is InChI=1S/C25H33NO2/c1-6-18-24(5,7-2)26-22(19(3)4)25(28-23(26)27,20-14-10-8-11-15-20)21-16-12-9-13-17-21/h8-17,19,22H,6-7,18H2,1-5H3/t22-,24?/m0/s1. The van der Waals surface area contributed by atoms with Crippen LogP contribution in [0.15, 0.2) is 60.7 Å². The minimum atomic E-state index is -0.808. The predicted molar refractivity (Wildman–Crippen MR) is 114 cm³/mol. The highest BCUT2D eigenvalue weighted by molar-refractivity contribution is 5.75. The van der Waals surface area contributed by atoms with E-state index in [0.717, 1.165) is 30.4 Å². The van der Waals surface area contributed by atoms with Crippen molar-refractivity contribution < 1.29 is 9.53 Å². The molecule has 0 bridgehead atoms. The normalized spacial score (nSPS) is 20.9. The molecule has 0 aliphatic carbocycles. The summed E-state index contributed by atoms with van der Waals surface area (Å²) in [5, 5.41) is 0. The second-order valence-electron chi connectivity index (χ2n) is 8.50. The molecule has 3 rings (SSSR count). The summed E-state index contributed by atoms with van der Waals surface area (Å²) in [5.74, 6) is 0.231. The van der Waals surface area contributed by atoms with E-state index in [0.29, 0.717) is 0 Å². The summed E-state index contributed by atoms with van der Waals surface area (Å²) in [6.07, 6.45) is 2.69. The summed E-state index contributed by atoms with van der Waals surface area (Å²) in [6.45, 7) is 11.0. The van der Waals surface area contributed by atoms with Crippen molar-refractivity contribution in [3.63, 3.8) is 0 Å². The molecule has 2 aromatic carbocycles. The van der Waals surface area contributed by atoms with Gasteiger partial charge in [-0.25, -0.2) is 4.79 Å². The van der Waals surface area contributed by atoms with E-state index in [-0.39, 0.29) is 23.6 Å². The van der Waals surface area contributed by atoms with Gasteiger partial charge in [-0.05, 0) is 25.7 Å². The van der Waals surface area contributed by atoms with Gasteiger partial charge in [-0.1, -0.05) is 94.8 Å². The van der Waals surface area contributed by atoms with E-state index >= 15 is 0 Å². The molecule has 1 amide bonds. The molecule has 0 spiro atoms. The van der Waals surface area contributed by atoms with Gasteiger partial charge in [0, 0.05) is 16.7 Å². The molecule has 1 saturated heterocycles. The first-order chi connectivity index (χ1) is 13.4. The van der Waals surface area contributed by atoms with Crippen LogP contribution in [0.4, 0.5) is 4.79 Å². The van der Waals surface area contributed by atoms with Crippen molar-refractivity contribution in [1.29, 1.82) is 0 Å². The number of carbonyl (C=O) groups is 1. The second kappa shape index (κ2) is 7.98. The zero-order chi connectivity index (χ0) is 20.4. The number of nitrogens with zero attached hydrogens (tertiary/aromatic N) is 1. The molecule has 3 nitrogen and oxygen atoms in total. The number of benzene rings is 2. The Morgan fingerprint density at radius 2 is 1.50 bits per heavy atom. The summed E-state index contributed by atoms with van der Waals surface area (Å²) >= 11 is 0. The molecule has 1 heterocycles. The average Bonchev–Trinajstić information content (AvgIpc) is 3.04. The van der Waals surface area contributed by atoms with E-state index in [1.165, 1.54) is 0 Å². The molecular weight excluding hydrogens is 346 g/mol. The fourth-order valence-electron chi connectivity index (χ4n) is 4.87. The molecule has 28 heavy (non-hydrogen) atoms. The van der Waals surface area contributed by atoms with Crippen LogP contribution in [0.1, 0.15) is 65.0 Å². The largest absolute Gasteiger partial charge is 0.431 e. The number of hydrogen-bond donors (Lipinski definition) is 0. The molecule has 1 aliphatic rings. The Bertz CT molecular complexity index is 747. The lowest BCUT2D eigenvalue weighted by Crippen LogP contribution is -2.56. The van der Waals surface area contributed by atoms with E-state index in [1.807, 2.05) is 36.4 Å². The van der Waals surface area contributed by atoms with Gasteiger partial charge in [-0.15, -0.1) is 0 Å². The van der Waals surface area contributed by atoms with Gasteiger partial charge in [0.15, 0.2) is 5.60 Å². The van der Waals surface area contributed by atoms with Gasteiger partial charge in [-0.2, -0.15) is 0 Å². The zero-order valence-corrected chi connectivity index (χ0v) is 17.8. The van der Waals surface area contributed by atoms with E-state index < -0.39 is 5.60 Å². The lowest BCUT2D eigenvalue weighted by atomic mass is 9.74. The van der Waals surface area contributed by atoms with Crippen LogP contribution in [0.5, 0.6) is 0 Å². The zero-order valence-electron chi connectivity index (χ0n) is 17.8. The lowest BCUT2D eigenvalue weighted by molar-refractivity contribution is 0.0397. The number of hydrogen-bond acceptors (Lipinski definition) is 2. The maximum Gasteiger partial charge on any atom is 0.411 e. The summed E-state index contributed by atoms with van der Waals surface area (Å²) in [5.41, 5.74) is 1.03. The van der Waals surface area contributed by atoms with Gasteiger partial charge in [-0.3, -0.25) is 4.90 Å². The highest BCUT2D eigenvalue weighted by Crippen LogP contribution is 2.50. The summed E-state index contributed by atoms with van der Waals surface area (Å²) < 4.78 is 6.39. The number of carbonyl (C=O) groups excluding carboxylic acids is 1. The van der Waals surface area contributed by atoms with E-state index in [4.69, 9.17) is 4.74 Å². The van der Waals surface area contributed by atoms with Gasteiger partial charge in [0.2, 0.25) is 0 Å². The summed E-state index contributed by atoms with van der Waals surface area (Å²) in [4.78, 5) is 15.5. The van der Waals surface area contributed by atoms with Gasteiger partial charge < -0.3 is 4.74 Å². The van der Waals surface area contributed by atoms with Crippen LogP contribution in [-0.4, -0.2) is 22.6 Å². The van der Waals surface area contributed by atoms with E-state index in [2.05, 4.69) is 63.8 Å². The van der Waals surface area contributed by atoms with Crippen LogP contribution in [0, 0.1) is 5.92 Å². The van der Waals surface area contributed by atoms with E-state index in [9.17, 15) is 4.79 Å². The summed E-state index contributed by atoms with van der Waals surface area (Å²) in [6, 6.07) is 20.4. The van der Waals surface area contributed by atoms with Crippen molar-refractivity contribution >= 4 is 6.09 Å². The van der Waals surface area contributed by atoms with Crippen molar-refractivity contribution in [3.8, 4) is 0 Å². The highest BCUT2D eigenvalue weighted by atomic mass is 16.6. The quantitative estimate of drug-likeness (QED) is 0.559. The Hall–Kier alpha value is -2.29. The van der Waals surface area contributed by atoms with Crippen LogP contribution in [0.3, 0.4) is 0 Å². The van der Waals surface area contributed by atoms with Gasteiger partial charge >= 0.3 is 6.09 Å². The molecule has 2 aromatic rings. The Kier molecular flexibility index (Phi) is 5.83. The second-order valence-corrected chi connectivity index (χ2v) is 8.50. The van der Waals surface area contributed by atoms with Gasteiger partial charge in [0.05, 0.1) is 6.04 Å². The fourth-order valence-corrected chi connectivity index (χ4v) is 4.87. The molecule has 1 fully saturated rings. The molecule has 0 N–H and O–H groups in total. The van der Waals surface area contributed by atoms with Gasteiger partial charge in [0.1, 0.15) is 0 Å². The molecule has 0 saturated carbocycles. The highest BCUT2D eigenvalue weighted by Gasteiger charge is 2.60. The summed E-state index contributed by atoms with van der Waals surface area (Å²) in [7, 11) is 0. The maximum absolute atomic E-state index is 13.4. The third-order valence-corrected chi connectivity index (χ3v) is 6.31. The molecule has 0 aromatic heterocycles. The van der Waals surface area contributed by atoms with Crippen LogP contribution in [-0.2, 0) is 10.3 Å². The number of ether oxygens (including phenoxy) is 1. The number of amides is 1. The lowest BCUT2D eigenvalue weighted by Gasteiger charge is -2.45. The first-order valence-corrected chi connectivity index (χ1v) is 10.5. The molecule has 0 radical (unpaired) electrons. The first-order valence-electron chi connectivity index (χ1n) is 10.5. The third-order valence-electron chi connectivity index (χ3n) is 6.31. The Morgan fingerprint density at radius 1 is 1.00 bits per heavy atom. The Labute approximate surface area is 169 Å². The van der Waals surface area contributed by atoms with Gasteiger partial charge in [0.25, 0.3) is 0 Å². The Morgan fingerprint density at radius 3 is 1.89 bits per heavy atom. The minimum Gasteiger partial charge on any atom is -0.431 e. The average molecular weight is 380 g/mol. The first kappa shape index (κ1) is 20.4. The van der Waals surface area contributed by atoms with Crippen molar-refractivity contribution in [2.24, 2.45) is 5.92 Å². The molecule has 2 atom stereocenters. The number of rotatable bonds is 7. The maximum atomic E-state index is 13.4. The molecule has 150 valence electrons. The van der Waals surface area contributed by atoms with Crippen LogP contribution >= 0.6 is 0 Å². The predicted octanol–water partition coefficient (Wildman–Crippen LogP) is 6.38. The topological polar surface area (TPSA) is 29.5 Å². The Balaban J connectivity index is 2.27. The molecule has 3 heteroatoms. The van der Waals surface area contributed by atoms with Crippen molar-refractivity contribution in [2.75, 3.05) is 0 Å². The van der Waals surface area contributed by atoms with Crippen LogP contribution in [0.25, 0.3) is 0 Å². The molecule has 1 aliphatic heterocycles. The van der Waals surface area contributed by atoms with Crippen LogP contribution < -0.4 is 0 Å². The number of cyclic esters (lactones) is 1. The molecule has 1 unspecified atom stereocenters. The third kappa shape index (κ3) is 3.21. The smallest absolute Gasteiger partial charge is 0.411 e. The van der Waals surface area contributed by atoms with Crippen molar-refractivity contribution in [1.82, 2.24) is 4.90 Å². The monoisotopic (exact) mass is 379 g/mol. The fraction of sp³-hybridized carbons (Fsp3) is 0.480.